The maximum atomic E-state index is 12.2. The van der Waals surface area contributed by atoms with E-state index in [2.05, 4.69) is 5.32 Å². The third kappa shape index (κ3) is 4.75. The molecule has 0 saturated heterocycles. The minimum Gasteiger partial charge on any atom is -0.497 e. The summed E-state index contributed by atoms with van der Waals surface area (Å²) in [7, 11) is 5.00. The summed E-state index contributed by atoms with van der Waals surface area (Å²) in [6, 6.07) is 9.07. The number of methoxy groups -OCH3 is 2. The van der Waals surface area contributed by atoms with Gasteiger partial charge in [-0.3, -0.25) is 9.69 Å². The van der Waals surface area contributed by atoms with E-state index < -0.39 is 0 Å². The quantitative estimate of drug-likeness (QED) is 0.850. The fourth-order valence-electron chi connectivity index (χ4n) is 2.23. The van der Waals surface area contributed by atoms with E-state index in [-0.39, 0.29) is 12.5 Å². The van der Waals surface area contributed by atoms with Crippen LogP contribution in [0, 0.1) is 6.92 Å². The lowest BCUT2D eigenvalue weighted by Crippen LogP contribution is -2.29. The van der Waals surface area contributed by atoms with Crippen LogP contribution < -0.4 is 14.8 Å². The standard InChI is InChI=1S/C17H22N2O4/c1-12-5-6-14(23-12)10-19(2)11-17(20)18-15-8-7-13(21-3)9-16(15)22-4/h5-9H,10-11H2,1-4H3,(H,18,20). The molecule has 6 heteroatoms. The first-order valence-corrected chi connectivity index (χ1v) is 7.27. The number of likely N-dealkylation sites (N-methyl/N-ethyl adjacent to an activating group) is 1. The molecule has 2 aromatic rings. The molecule has 0 atom stereocenters. The van der Waals surface area contributed by atoms with Gasteiger partial charge in [0.05, 0.1) is 33.0 Å². The molecule has 0 bridgehead atoms. The van der Waals surface area contributed by atoms with Gasteiger partial charge in [-0.1, -0.05) is 0 Å². The van der Waals surface area contributed by atoms with Crippen LogP contribution in [0.3, 0.4) is 0 Å². The van der Waals surface area contributed by atoms with Gasteiger partial charge in [0, 0.05) is 6.07 Å². The van der Waals surface area contributed by atoms with Crippen molar-refractivity contribution < 1.29 is 18.7 Å². The number of anilines is 1. The van der Waals surface area contributed by atoms with Crippen molar-refractivity contribution in [1.82, 2.24) is 4.90 Å². The molecule has 1 N–H and O–H groups in total. The molecule has 0 aliphatic heterocycles. The second-order valence-corrected chi connectivity index (χ2v) is 5.30. The normalized spacial score (nSPS) is 10.7. The van der Waals surface area contributed by atoms with E-state index >= 15 is 0 Å². The fourth-order valence-corrected chi connectivity index (χ4v) is 2.23. The molecule has 0 saturated carbocycles. The molecule has 0 fully saturated rings. The Hall–Kier alpha value is -2.47. The maximum absolute atomic E-state index is 12.2. The lowest BCUT2D eigenvalue weighted by Gasteiger charge is -2.16. The summed E-state index contributed by atoms with van der Waals surface area (Å²) in [5, 5.41) is 2.84. The number of aryl methyl sites for hydroxylation is 1. The molecule has 0 unspecified atom stereocenters. The van der Waals surface area contributed by atoms with E-state index in [1.807, 2.05) is 31.0 Å². The van der Waals surface area contributed by atoms with Crippen LogP contribution >= 0.6 is 0 Å². The van der Waals surface area contributed by atoms with Gasteiger partial charge in [0.2, 0.25) is 5.91 Å². The van der Waals surface area contributed by atoms with Crippen molar-refractivity contribution in [3.63, 3.8) is 0 Å². The zero-order valence-corrected chi connectivity index (χ0v) is 13.9. The minimum absolute atomic E-state index is 0.126. The average molecular weight is 318 g/mol. The van der Waals surface area contributed by atoms with Gasteiger partial charge in [-0.2, -0.15) is 0 Å². The molecular weight excluding hydrogens is 296 g/mol. The number of carbonyl (C=O) groups is 1. The molecule has 0 aliphatic carbocycles. The van der Waals surface area contributed by atoms with Crippen LogP contribution in [0.4, 0.5) is 5.69 Å². The number of hydrogen-bond acceptors (Lipinski definition) is 5. The summed E-state index contributed by atoms with van der Waals surface area (Å²) in [6.07, 6.45) is 0. The molecule has 0 radical (unpaired) electrons. The van der Waals surface area contributed by atoms with E-state index in [4.69, 9.17) is 13.9 Å². The van der Waals surface area contributed by atoms with Crippen LogP contribution in [0.5, 0.6) is 11.5 Å². The Morgan fingerprint density at radius 2 is 2.00 bits per heavy atom. The Kier molecular flexibility index (Phi) is 5.65. The molecule has 1 amide bonds. The number of amides is 1. The molecule has 6 nitrogen and oxygen atoms in total. The highest BCUT2D eigenvalue weighted by atomic mass is 16.5. The van der Waals surface area contributed by atoms with Crippen molar-refractivity contribution in [2.24, 2.45) is 0 Å². The molecule has 0 aliphatic rings. The number of ether oxygens (including phenoxy) is 2. The zero-order chi connectivity index (χ0) is 16.8. The Labute approximate surface area is 136 Å². The van der Waals surface area contributed by atoms with Gasteiger partial charge in [0.25, 0.3) is 0 Å². The summed E-state index contributed by atoms with van der Waals surface area (Å²) in [5.41, 5.74) is 0.612. The van der Waals surface area contributed by atoms with E-state index in [0.717, 1.165) is 11.5 Å². The minimum atomic E-state index is -0.126. The predicted molar refractivity (Wildman–Crippen MR) is 88.0 cm³/mol. The molecule has 1 aromatic heterocycles. The third-order valence-electron chi connectivity index (χ3n) is 3.32. The van der Waals surface area contributed by atoms with Crippen LogP contribution in [-0.4, -0.2) is 38.6 Å². The monoisotopic (exact) mass is 318 g/mol. The van der Waals surface area contributed by atoms with Crippen molar-refractivity contribution >= 4 is 11.6 Å². The van der Waals surface area contributed by atoms with Gasteiger partial charge in [-0.15, -0.1) is 0 Å². The predicted octanol–water partition coefficient (Wildman–Crippen LogP) is 2.68. The largest absolute Gasteiger partial charge is 0.497 e. The fraction of sp³-hybridized carbons (Fsp3) is 0.353. The number of nitrogens with zero attached hydrogens (tertiary/aromatic N) is 1. The maximum Gasteiger partial charge on any atom is 0.238 e. The number of hydrogen-bond donors (Lipinski definition) is 1. The van der Waals surface area contributed by atoms with Gasteiger partial charge >= 0.3 is 0 Å². The summed E-state index contributed by atoms with van der Waals surface area (Å²) in [6.45, 7) is 2.71. The highest BCUT2D eigenvalue weighted by Crippen LogP contribution is 2.28. The van der Waals surface area contributed by atoms with Crippen LogP contribution in [-0.2, 0) is 11.3 Å². The smallest absolute Gasteiger partial charge is 0.238 e. The Morgan fingerprint density at radius 1 is 1.22 bits per heavy atom. The second kappa shape index (κ2) is 7.69. The Balaban J connectivity index is 1.93. The summed E-state index contributed by atoms with van der Waals surface area (Å²) in [4.78, 5) is 14.0. The highest BCUT2D eigenvalue weighted by Gasteiger charge is 2.12. The number of benzene rings is 1. The second-order valence-electron chi connectivity index (χ2n) is 5.30. The van der Waals surface area contributed by atoms with Crippen molar-refractivity contribution in [2.75, 3.05) is 33.1 Å². The lowest BCUT2D eigenvalue weighted by atomic mass is 10.2. The number of furan rings is 1. The summed E-state index contributed by atoms with van der Waals surface area (Å²) < 4.78 is 15.9. The van der Waals surface area contributed by atoms with E-state index in [0.29, 0.717) is 23.7 Å². The Morgan fingerprint density at radius 3 is 2.61 bits per heavy atom. The molecule has 1 heterocycles. The zero-order valence-electron chi connectivity index (χ0n) is 13.9. The molecule has 0 spiro atoms. The highest BCUT2D eigenvalue weighted by molar-refractivity contribution is 5.93. The van der Waals surface area contributed by atoms with Crippen LogP contribution in [0.2, 0.25) is 0 Å². The SMILES string of the molecule is COc1ccc(NC(=O)CN(C)Cc2ccc(C)o2)c(OC)c1. The molecule has 2 rings (SSSR count). The van der Waals surface area contributed by atoms with Crippen molar-refractivity contribution in [1.29, 1.82) is 0 Å². The van der Waals surface area contributed by atoms with Crippen LogP contribution in [0.25, 0.3) is 0 Å². The summed E-state index contributed by atoms with van der Waals surface area (Å²) in [5.74, 6) is 2.80. The number of rotatable bonds is 7. The van der Waals surface area contributed by atoms with Crippen LogP contribution in [0.1, 0.15) is 11.5 Å². The molecule has 1 aromatic carbocycles. The van der Waals surface area contributed by atoms with E-state index in [1.165, 1.54) is 0 Å². The van der Waals surface area contributed by atoms with Gasteiger partial charge in [-0.25, -0.2) is 0 Å². The van der Waals surface area contributed by atoms with Crippen molar-refractivity contribution in [3.8, 4) is 11.5 Å². The van der Waals surface area contributed by atoms with Gasteiger partial charge < -0.3 is 19.2 Å². The third-order valence-corrected chi connectivity index (χ3v) is 3.32. The van der Waals surface area contributed by atoms with E-state index in [9.17, 15) is 4.79 Å². The number of carbonyl (C=O) groups excluding carboxylic acids is 1. The first kappa shape index (κ1) is 16.9. The van der Waals surface area contributed by atoms with Crippen LogP contribution in [0.15, 0.2) is 34.7 Å². The molecule has 23 heavy (non-hydrogen) atoms. The average Bonchev–Trinajstić information content (AvgIpc) is 2.92. The molecular formula is C17H22N2O4. The Bertz CT molecular complexity index is 666. The topological polar surface area (TPSA) is 63.9 Å². The van der Waals surface area contributed by atoms with Crippen molar-refractivity contribution in [3.05, 3.63) is 41.9 Å². The van der Waals surface area contributed by atoms with E-state index in [1.54, 1.807) is 32.4 Å². The first-order chi connectivity index (χ1) is 11.0. The summed E-state index contributed by atoms with van der Waals surface area (Å²) >= 11 is 0. The van der Waals surface area contributed by atoms with Gasteiger partial charge in [0.15, 0.2) is 0 Å². The van der Waals surface area contributed by atoms with Gasteiger partial charge in [0.1, 0.15) is 23.0 Å². The number of nitrogens with one attached hydrogen (secondary N) is 1. The molecule has 124 valence electrons. The van der Waals surface area contributed by atoms with Crippen molar-refractivity contribution in [2.45, 2.75) is 13.5 Å². The van der Waals surface area contributed by atoms with Gasteiger partial charge in [-0.05, 0) is 38.2 Å². The lowest BCUT2D eigenvalue weighted by molar-refractivity contribution is -0.117. The first-order valence-electron chi connectivity index (χ1n) is 7.27.